The third-order valence-corrected chi connectivity index (χ3v) is 9.36. The Labute approximate surface area is 289 Å². The highest BCUT2D eigenvalue weighted by atomic mass is 16.5. The summed E-state index contributed by atoms with van der Waals surface area (Å²) in [5.74, 6) is -4.28. The van der Waals surface area contributed by atoms with Gasteiger partial charge in [0.1, 0.15) is 24.2 Å². The van der Waals surface area contributed by atoms with Gasteiger partial charge in [-0.3, -0.25) is 19.2 Å². The van der Waals surface area contributed by atoms with Crippen molar-refractivity contribution in [1.82, 2.24) is 20.9 Å². The van der Waals surface area contributed by atoms with Crippen molar-refractivity contribution in [2.45, 2.75) is 124 Å². The summed E-state index contributed by atoms with van der Waals surface area (Å²) in [6.45, 7) is 15.5. The van der Waals surface area contributed by atoms with Crippen molar-refractivity contribution in [1.29, 1.82) is 0 Å². The second-order valence-electron chi connectivity index (χ2n) is 16.3. The molecule has 1 unspecified atom stereocenters. The number of aliphatic hydroxyl groups is 1. The van der Waals surface area contributed by atoms with Crippen molar-refractivity contribution in [3.63, 3.8) is 0 Å². The average molecular weight is 686 g/mol. The predicted octanol–water partition coefficient (Wildman–Crippen LogP) is 2.75. The van der Waals surface area contributed by atoms with E-state index in [2.05, 4.69) is 16.0 Å². The van der Waals surface area contributed by atoms with E-state index >= 15 is 0 Å². The quantitative estimate of drug-likeness (QED) is 0.154. The standard InChI is InChI=1S/C36H55N5O8/c1-20(22-13-11-10-12-14-22)49-32(46)28(35(5,6)7)40-33(47)39-27(34(2,3)4)31(45)41-19-23(36(8,9)48)18-25(41)30(44)38-24(17-21-15-16-21)26(42)29(37)43/h10-14,20-21,23-25,27-28,48H,15-19H2,1-9H3,(H2,37,43)(H,38,44)(H2,39,40,47)/t20-,23-,24?,25+,27-,28-/m1/s1. The van der Waals surface area contributed by atoms with Gasteiger partial charge in [-0.15, -0.1) is 0 Å². The van der Waals surface area contributed by atoms with Crippen LogP contribution in [0.1, 0.15) is 99.7 Å². The van der Waals surface area contributed by atoms with Crippen molar-refractivity contribution >= 4 is 35.5 Å². The van der Waals surface area contributed by atoms with Crippen molar-refractivity contribution in [2.75, 3.05) is 6.54 Å². The number of rotatable bonds is 13. The molecule has 1 aliphatic heterocycles. The molecule has 272 valence electrons. The Morgan fingerprint density at radius 1 is 0.898 bits per heavy atom. The summed E-state index contributed by atoms with van der Waals surface area (Å²) < 4.78 is 5.72. The molecule has 13 heteroatoms. The van der Waals surface area contributed by atoms with E-state index in [-0.39, 0.29) is 25.3 Å². The molecule has 0 aromatic heterocycles. The molecule has 0 bridgehead atoms. The lowest BCUT2D eigenvalue weighted by molar-refractivity contribution is -0.153. The number of urea groups is 1. The molecule has 1 saturated carbocycles. The van der Waals surface area contributed by atoms with E-state index < -0.39 is 88.1 Å². The van der Waals surface area contributed by atoms with E-state index in [9.17, 15) is 33.9 Å². The minimum Gasteiger partial charge on any atom is -0.456 e. The fourth-order valence-corrected chi connectivity index (χ4v) is 5.98. The zero-order valence-electron chi connectivity index (χ0n) is 30.3. The van der Waals surface area contributed by atoms with Crippen LogP contribution in [0.3, 0.4) is 0 Å². The largest absolute Gasteiger partial charge is 0.456 e. The molecule has 1 heterocycles. The summed E-state index contributed by atoms with van der Waals surface area (Å²) in [7, 11) is 0. The number of ether oxygens (including phenoxy) is 1. The molecule has 1 aliphatic carbocycles. The molecule has 1 aromatic rings. The summed E-state index contributed by atoms with van der Waals surface area (Å²) in [5.41, 5.74) is 3.17. The molecule has 6 atom stereocenters. The number of hydrogen-bond donors (Lipinski definition) is 5. The Morgan fingerprint density at radius 2 is 1.45 bits per heavy atom. The van der Waals surface area contributed by atoms with Crippen LogP contribution in [0, 0.1) is 22.7 Å². The topological polar surface area (TPSA) is 197 Å². The van der Waals surface area contributed by atoms with E-state index in [1.807, 2.05) is 30.3 Å². The molecule has 6 N–H and O–H groups in total. The smallest absolute Gasteiger partial charge is 0.329 e. The summed E-state index contributed by atoms with van der Waals surface area (Å²) in [6, 6.07) is 3.93. The number of ketones is 1. The molecule has 49 heavy (non-hydrogen) atoms. The van der Waals surface area contributed by atoms with Crippen molar-refractivity contribution in [2.24, 2.45) is 28.4 Å². The van der Waals surface area contributed by atoms with Crippen molar-refractivity contribution in [3.05, 3.63) is 35.9 Å². The maximum atomic E-state index is 14.3. The van der Waals surface area contributed by atoms with Gasteiger partial charge in [-0.25, -0.2) is 9.59 Å². The van der Waals surface area contributed by atoms with Gasteiger partial charge in [-0.1, -0.05) is 84.7 Å². The van der Waals surface area contributed by atoms with Gasteiger partial charge in [0.25, 0.3) is 5.91 Å². The number of amides is 5. The fourth-order valence-electron chi connectivity index (χ4n) is 5.98. The average Bonchev–Trinajstić information content (AvgIpc) is 3.68. The second-order valence-corrected chi connectivity index (χ2v) is 16.3. The van der Waals surface area contributed by atoms with Crippen LogP contribution in [0.5, 0.6) is 0 Å². The first-order valence-corrected chi connectivity index (χ1v) is 17.0. The highest BCUT2D eigenvalue weighted by molar-refractivity contribution is 6.37. The Balaban J connectivity index is 1.83. The molecule has 13 nitrogen and oxygen atoms in total. The number of carbonyl (C=O) groups is 6. The lowest BCUT2D eigenvalue weighted by Gasteiger charge is -2.37. The molecule has 2 fully saturated rings. The third-order valence-electron chi connectivity index (χ3n) is 9.36. The molecule has 2 aliphatic rings. The van der Waals surface area contributed by atoms with Crippen LogP contribution >= 0.6 is 0 Å². The highest BCUT2D eigenvalue weighted by Crippen LogP contribution is 2.36. The van der Waals surface area contributed by atoms with Gasteiger partial charge in [0.05, 0.1) is 11.6 Å². The van der Waals surface area contributed by atoms with Gasteiger partial charge in [0, 0.05) is 12.5 Å². The molecule has 0 spiro atoms. The number of Topliss-reactive ketones (excluding diaryl/α,β-unsaturated/α-hetero) is 1. The van der Waals surface area contributed by atoms with Crippen LogP contribution in [0.25, 0.3) is 0 Å². The molecule has 5 amide bonds. The number of benzene rings is 1. The van der Waals surface area contributed by atoms with Gasteiger partial charge >= 0.3 is 12.0 Å². The lowest BCUT2D eigenvalue weighted by Crippen LogP contribution is -2.62. The number of primary amides is 1. The van der Waals surface area contributed by atoms with Gasteiger partial charge in [0.15, 0.2) is 0 Å². The first-order chi connectivity index (χ1) is 22.5. The summed E-state index contributed by atoms with van der Waals surface area (Å²) in [4.78, 5) is 80.7. The number of carbonyl (C=O) groups excluding carboxylic acids is 6. The zero-order chi connectivity index (χ0) is 37.1. The molecule has 1 saturated heterocycles. The molecule has 1 aromatic carbocycles. The van der Waals surface area contributed by atoms with E-state index in [0.29, 0.717) is 0 Å². The second kappa shape index (κ2) is 15.3. The summed E-state index contributed by atoms with van der Waals surface area (Å²) >= 11 is 0. The van der Waals surface area contributed by atoms with E-state index in [1.165, 1.54) is 4.90 Å². The first-order valence-electron chi connectivity index (χ1n) is 17.0. The number of esters is 1. The minimum absolute atomic E-state index is 0.00166. The maximum absolute atomic E-state index is 14.3. The third kappa shape index (κ3) is 10.7. The molecule has 0 radical (unpaired) electrons. The summed E-state index contributed by atoms with van der Waals surface area (Å²) in [6.07, 6.45) is 1.51. The number of likely N-dealkylation sites (tertiary alicyclic amines) is 1. The minimum atomic E-state index is -1.26. The monoisotopic (exact) mass is 685 g/mol. The van der Waals surface area contributed by atoms with Gasteiger partial charge < -0.3 is 36.4 Å². The summed E-state index contributed by atoms with van der Waals surface area (Å²) in [5, 5.41) is 19.0. The first kappa shape index (κ1) is 39.4. The number of hydrogen-bond acceptors (Lipinski definition) is 8. The molecular weight excluding hydrogens is 630 g/mol. The predicted molar refractivity (Wildman–Crippen MR) is 182 cm³/mol. The van der Waals surface area contributed by atoms with Crippen LogP contribution in [-0.2, 0) is 28.7 Å². The fraction of sp³-hybridized carbons (Fsp3) is 0.667. The normalized spacial score (nSPS) is 20.7. The van der Waals surface area contributed by atoms with Gasteiger partial charge in [0.2, 0.25) is 17.6 Å². The van der Waals surface area contributed by atoms with Crippen LogP contribution in [0.4, 0.5) is 4.79 Å². The zero-order valence-corrected chi connectivity index (χ0v) is 30.3. The lowest BCUT2D eigenvalue weighted by atomic mass is 9.85. The van der Waals surface area contributed by atoms with E-state index in [0.717, 1.165) is 18.4 Å². The SMILES string of the molecule is C[C@@H](OC(=O)[C@@H](NC(=O)N[C@H](C(=O)N1C[C@H](C(C)(C)O)C[C@H]1C(=O)NC(CC1CC1)C(=O)C(N)=O)C(C)(C)C)C(C)(C)C)c1ccccc1. The van der Waals surface area contributed by atoms with E-state index in [1.54, 1.807) is 62.3 Å². The number of nitrogens with one attached hydrogen (secondary N) is 3. The van der Waals surface area contributed by atoms with Crippen molar-refractivity contribution in [3.8, 4) is 0 Å². The van der Waals surface area contributed by atoms with Crippen LogP contribution in [0.15, 0.2) is 30.3 Å². The van der Waals surface area contributed by atoms with Gasteiger partial charge in [-0.05, 0) is 55.9 Å². The molecule has 3 rings (SSSR count). The van der Waals surface area contributed by atoms with E-state index in [4.69, 9.17) is 10.5 Å². The number of nitrogens with two attached hydrogens (primary N) is 1. The van der Waals surface area contributed by atoms with Crippen LogP contribution in [0.2, 0.25) is 0 Å². The number of nitrogens with zero attached hydrogens (tertiary/aromatic N) is 1. The van der Waals surface area contributed by atoms with Crippen LogP contribution < -0.4 is 21.7 Å². The maximum Gasteiger partial charge on any atom is 0.329 e. The van der Waals surface area contributed by atoms with Gasteiger partial charge in [-0.2, -0.15) is 0 Å². The Hall–Kier alpha value is -4.00. The van der Waals surface area contributed by atoms with Crippen molar-refractivity contribution < 1.29 is 38.6 Å². The Kier molecular flexibility index (Phi) is 12.3. The highest BCUT2D eigenvalue weighted by Gasteiger charge is 2.49. The molecular formula is C36H55N5O8. The van der Waals surface area contributed by atoms with Crippen LogP contribution in [-0.4, -0.2) is 81.8 Å². The Bertz CT molecular complexity index is 1390. The Morgan fingerprint density at radius 3 is 1.94 bits per heavy atom.